The third-order valence-corrected chi connectivity index (χ3v) is 5.30. The molecule has 1 amide bonds. The molecule has 0 bridgehead atoms. The summed E-state index contributed by atoms with van der Waals surface area (Å²) in [5.41, 5.74) is 0. The molecule has 1 aromatic rings. The zero-order valence-corrected chi connectivity index (χ0v) is 15.8. The van der Waals surface area contributed by atoms with E-state index in [9.17, 15) is 4.79 Å². The normalized spacial score (nSPS) is 25.3. The molecule has 0 aromatic carbocycles. The summed E-state index contributed by atoms with van der Waals surface area (Å²) in [6.45, 7) is 11.6. The summed E-state index contributed by atoms with van der Waals surface area (Å²) in [6.07, 6.45) is 3.50. The lowest BCUT2D eigenvalue weighted by molar-refractivity contribution is -0.140. The highest BCUT2D eigenvalue weighted by atomic mass is 16.5. The van der Waals surface area contributed by atoms with Crippen molar-refractivity contribution >= 4 is 5.91 Å². The number of rotatable bonds is 5. The number of nitrogens with zero attached hydrogens (tertiary/aromatic N) is 5. The van der Waals surface area contributed by atoms with Crippen molar-refractivity contribution in [1.82, 2.24) is 24.6 Å². The van der Waals surface area contributed by atoms with Crippen LogP contribution < -0.4 is 0 Å². The fraction of sp³-hybridized carbons (Fsp3) is 0.833. The number of aryl methyl sites for hydroxylation is 2. The first-order chi connectivity index (χ1) is 12.0. The van der Waals surface area contributed by atoms with Crippen molar-refractivity contribution in [2.45, 2.75) is 52.7 Å². The van der Waals surface area contributed by atoms with E-state index in [0.717, 1.165) is 57.2 Å². The molecule has 7 nitrogen and oxygen atoms in total. The number of hydrogen-bond donors (Lipinski definition) is 0. The number of morpholine rings is 1. The van der Waals surface area contributed by atoms with Crippen LogP contribution in [0.2, 0.25) is 0 Å². The third kappa shape index (κ3) is 4.79. The van der Waals surface area contributed by atoms with Crippen LogP contribution in [0.15, 0.2) is 0 Å². The van der Waals surface area contributed by atoms with E-state index in [4.69, 9.17) is 4.74 Å². The first-order valence-corrected chi connectivity index (χ1v) is 9.55. The summed E-state index contributed by atoms with van der Waals surface area (Å²) < 4.78 is 7.68. The molecule has 0 spiro atoms. The van der Waals surface area contributed by atoms with Gasteiger partial charge in [0, 0.05) is 26.2 Å². The molecule has 1 aromatic heterocycles. The molecule has 2 fully saturated rings. The average molecular weight is 349 g/mol. The fourth-order valence-electron chi connectivity index (χ4n) is 3.91. The Bertz CT molecular complexity index is 588. The molecule has 2 saturated heterocycles. The Hall–Kier alpha value is -1.47. The van der Waals surface area contributed by atoms with Crippen LogP contribution >= 0.6 is 0 Å². The Labute approximate surface area is 150 Å². The van der Waals surface area contributed by atoms with Gasteiger partial charge in [0.1, 0.15) is 11.6 Å². The molecule has 3 heterocycles. The highest BCUT2D eigenvalue weighted by Crippen LogP contribution is 2.19. The highest BCUT2D eigenvalue weighted by molar-refractivity contribution is 5.78. The average Bonchev–Trinajstić information content (AvgIpc) is 2.92. The van der Waals surface area contributed by atoms with Gasteiger partial charge in [-0.3, -0.25) is 9.69 Å². The minimum atomic E-state index is 0.199. The van der Waals surface area contributed by atoms with Crippen LogP contribution in [0.25, 0.3) is 0 Å². The van der Waals surface area contributed by atoms with E-state index in [-0.39, 0.29) is 12.0 Å². The molecule has 140 valence electrons. The molecule has 2 aliphatic heterocycles. The van der Waals surface area contributed by atoms with Crippen LogP contribution in [0.3, 0.4) is 0 Å². The van der Waals surface area contributed by atoms with E-state index in [1.165, 1.54) is 6.42 Å². The molecule has 2 aliphatic rings. The van der Waals surface area contributed by atoms with Crippen molar-refractivity contribution < 1.29 is 9.53 Å². The summed E-state index contributed by atoms with van der Waals surface area (Å²) in [5.74, 6) is 2.59. The molecular weight excluding hydrogens is 318 g/mol. The predicted molar refractivity (Wildman–Crippen MR) is 95.3 cm³/mol. The van der Waals surface area contributed by atoms with Crippen LogP contribution in [0.4, 0.5) is 0 Å². The second-order valence-corrected chi connectivity index (χ2v) is 7.37. The lowest BCUT2D eigenvalue weighted by Gasteiger charge is -2.36. The van der Waals surface area contributed by atoms with Crippen LogP contribution in [0, 0.1) is 19.8 Å². The molecular formula is C18H31N5O2. The molecule has 25 heavy (non-hydrogen) atoms. The lowest BCUT2D eigenvalue weighted by atomic mass is 9.98. The molecule has 0 radical (unpaired) electrons. The largest absolute Gasteiger partial charge is 0.375 e. The summed E-state index contributed by atoms with van der Waals surface area (Å²) in [6, 6.07) is 0. The van der Waals surface area contributed by atoms with Gasteiger partial charge in [0.2, 0.25) is 5.91 Å². The van der Waals surface area contributed by atoms with Crippen LogP contribution in [-0.2, 0) is 16.1 Å². The maximum atomic E-state index is 12.7. The van der Waals surface area contributed by atoms with Gasteiger partial charge < -0.3 is 9.64 Å². The molecule has 0 unspecified atom stereocenters. The monoisotopic (exact) mass is 349 g/mol. The number of hydrogen-bond acceptors (Lipinski definition) is 5. The molecule has 0 saturated carbocycles. The first kappa shape index (κ1) is 18.3. The van der Waals surface area contributed by atoms with Crippen molar-refractivity contribution in [2.24, 2.45) is 5.92 Å². The summed E-state index contributed by atoms with van der Waals surface area (Å²) in [5, 5.41) is 4.48. The molecule has 7 heteroatoms. The van der Waals surface area contributed by atoms with E-state index in [1.54, 1.807) is 0 Å². The van der Waals surface area contributed by atoms with E-state index in [2.05, 4.69) is 21.9 Å². The predicted octanol–water partition coefficient (Wildman–Crippen LogP) is 1.24. The van der Waals surface area contributed by atoms with Crippen molar-refractivity contribution in [1.29, 1.82) is 0 Å². The van der Waals surface area contributed by atoms with Crippen molar-refractivity contribution in [2.75, 3.05) is 39.3 Å². The van der Waals surface area contributed by atoms with E-state index in [0.29, 0.717) is 19.1 Å². The van der Waals surface area contributed by atoms with Gasteiger partial charge in [-0.2, -0.15) is 5.10 Å². The Balaban J connectivity index is 1.51. The summed E-state index contributed by atoms with van der Waals surface area (Å²) >= 11 is 0. The zero-order valence-electron chi connectivity index (χ0n) is 15.8. The Kier molecular flexibility index (Phi) is 6.06. The first-order valence-electron chi connectivity index (χ1n) is 9.55. The molecule has 0 N–H and O–H groups in total. The maximum Gasteiger partial charge on any atom is 0.236 e. The number of amides is 1. The highest BCUT2D eigenvalue weighted by Gasteiger charge is 2.27. The Morgan fingerprint density at radius 3 is 2.84 bits per heavy atom. The second-order valence-electron chi connectivity index (χ2n) is 7.37. The van der Waals surface area contributed by atoms with Gasteiger partial charge in [0.05, 0.1) is 19.3 Å². The number of carbonyl (C=O) groups excluding carboxylic acids is 1. The van der Waals surface area contributed by atoms with Gasteiger partial charge >= 0.3 is 0 Å². The van der Waals surface area contributed by atoms with Gasteiger partial charge in [-0.1, -0.05) is 6.92 Å². The molecule has 3 rings (SSSR count). The van der Waals surface area contributed by atoms with Gasteiger partial charge in [0.15, 0.2) is 0 Å². The van der Waals surface area contributed by atoms with Gasteiger partial charge in [0.25, 0.3) is 0 Å². The van der Waals surface area contributed by atoms with Gasteiger partial charge in [-0.25, -0.2) is 9.67 Å². The van der Waals surface area contributed by atoms with Gasteiger partial charge in [-0.15, -0.1) is 0 Å². The SMILES string of the molecule is CC[C@H]1CN(C(=O)CN2CCC[C@@H](Cn3nc(C)nc3C)C2)CCO1. The minimum Gasteiger partial charge on any atom is -0.375 e. The lowest BCUT2D eigenvalue weighted by Crippen LogP contribution is -2.50. The number of aromatic nitrogens is 3. The smallest absolute Gasteiger partial charge is 0.236 e. The van der Waals surface area contributed by atoms with Crippen LogP contribution in [0.5, 0.6) is 0 Å². The van der Waals surface area contributed by atoms with Crippen molar-refractivity contribution in [3.05, 3.63) is 11.6 Å². The minimum absolute atomic E-state index is 0.199. The van der Waals surface area contributed by atoms with Crippen LogP contribution in [-0.4, -0.2) is 75.9 Å². The van der Waals surface area contributed by atoms with E-state index >= 15 is 0 Å². The van der Waals surface area contributed by atoms with Crippen LogP contribution in [0.1, 0.15) is 37.8 Å². The topological polar surface area (TPSA) is 63.5 Å². The van der Waals surface area contributed by atoms with Crippen molar-refractivity contribution in [3.8, 4) is 0 Å². The Morgan fingerprint density at radius 1 is 1.28 bits per heavy atom. The number of carbonyl (C=O) groups is 1. The van der Waals surface area contributed by atoms with E-state index in [1.807, 2.05) is 23.4 Å². The number of ether oxygens (including phenoxy) is 1. The third-order valence-electron chi connectivity index (χ3n) is 5.30. The molecule has 2 atom stereocenters. The van der Waals surface area contributed by atoms with Crippen molar-refractivity contribution in [3.63, 3.8) is 0 Å². The van der Waals surface area contributed by atoms with Gasteiger partial charge in [-0.05, 0) is 45.6 Å². The number of piperidine rings is 1. The summed E-state index contributed by atoms with van der Waals surface area (Å²) in [7, 11) is 0. The second kappa shape index (κ2) is 8.27. The fourth-order valence-corrected chi connectivity index (χ4v) is 3.91. The quantitative estimate of drug-likeness (QED) is 0.800. The Morgan fingerprint density at radius 2 is 2.12 bits per heavy atom. The standard InChI is InChI=1S/C18H31N5O2/c1-4-17-12-22(8-9-25-17)18(24)13-21-7-5-6-16(10-21)11-23-15(3)19-14(2)20-23/h16-17H,4-13H2,1-3H3/t16-,17+/m1/s1. The molecule has 0 aliphatic carbocycles. The number of likely N-dealkylation sites (tertiary alicyclic amines) is 1. The maximum absolute atomic E-state index is 12.7. The zero-order chi connectivity index (χ0) is 17.8. The van der Waals surface area contributed by atoms with E-state index < -0.39 is 0 Å². The summed E-state index contributed by atoms with van der Waals surface area (Å²) in [4.78, 5) is 21.3.